The lowest BCUT2D eigenvalue weighted by Crippen LogP contribution is -2.61. The van der Waals surface area contributed by atoms with Crippen LogP contribution in [-0.2, 0) is 70.4 Å². The second kappa shape index (κ2) is 38.6. The Morgan fingerprint density at radius 1 is 0.450 bits per heavy atom. The van der Waals surface area contributed by atoms with E-state index in [1.807, 2.05) is 69.2 Å². The molecule has 0 aliphatic carbocycles. The lowest BCUT2D eigenvalue weighted by atomic mass is 9.96. The number of carbonyl (C=O) groups excluding carboxylic acids is 12. The second-order valence-electron chi connectivity index (χ2n) is 30.1. The molecule has 12 amide bonds. The van der Waals surface area contributed by atoms with Gasteiger partial charge in [-0.1, -0.05) is 119 Å². The molecular weight excluding hydrogens is 1280 g/mol. The predicted molar refractivity (Wildman–Crippen MR) is 379 cm³/mol. The van der Waals surface area contributed by atoms with Crippen LogP contribution in [0.4, 0.5) is 4.39 Å². The zero-order valence-electron chi connectivity index (χ0n) is 63.1. The number of amides is 12. The summed E-state index contributed by atoms with van der Waals surface area (Å²) >= 11 is 0. The Morgan fingerprint density at radius 3 is 1.34 bits per heavy atom. The average Bonchev–Trinajstić information content (AvgIpc) is 0.817. The quantitative estimate of drug-likeness (QED) is 0.173. The van der Waals surface area contributed by atoms with Crippen LogP contribution < -0.4 is 16.0 Å². The first kappa shape index (κ1) is 84.2. The van der Waals surface area contributed by atoms with Crippen LogP contribution in [0.2, 0.25) is 0 Å². The fourth-order valence-corrected chi connectivity index (χ4v) is 12.9. The molecule has 2 aliphatic heterocycles. The molecule has 558 valence electrons. The molecule has 25 nitrogen and oxygen atoms in total. The van der Waals surface area contributed by atoms with Gasteiger partial charge in [0.2, 0.25) is 70.9 Å². The molecule has 9 atom stereocenters. The number of rotatable bonds is 16. The van der Waals surface area contributed by atoms with Crippen LogP contribution in [0.15, 0.2) is 48.5 Å². The summed E-state index contributed by atoms with van der Waals surface area (Å²) in [6.07, 6.45) is 1.62. The summed E-state index contributed by atoms with van der Waals surface area (Å²) in [5, 5.41) is 18.8. The molecule has 2 aromatic rings. The number of phenols is 1. The minimum atomic E-state index is -1.49. The van der Waals surface area contributed by atoms with E-state index in [0.717, 1.165) is 38.2 Å². The molecule has 2 heterocycles. The number of likely N-dealkylation sites (N-methyl/N-ethyl adjacent to an activating group) is 8. The number of carbonyl (C=O) groups is 12. The van der Waals surface area contributed by atoms with Crippen molar-refractivity contribution in [2.45, 2.75) is 208 Å². The molecule has 0 bridgehead atoms. The maximum absolute atomic E-state index is 15.4. The van der Waals surface area contributed by atoms with Gasteiger partial charge in [-0.05, 0) is 110 Å². The molecule has 0 aromatic heterocycles. The Labute approximate surface area is 592 Å². The normalized spacial score (nSPS) is 24.2. The van der Waals surface area contributed by atoms with E-state index in [-0.39, 0.29) is 80.1 Å². The first-order valence-electron chi connectivity index (χ1n) is 35.5. The van der Waals surface area contributed by atoms with E-state index in [1.165, 1.54) is 82.0 Å². The van der Waals surface area contributed by atoms with E-state index in [0.29, 0.717) is 31.5 Å². The number of hydrogen-bond acceptors (Lipinski definition) is 13. The van der Waals surface area contributed by atoms with Gasteiger partial charge in [0.05, 0.1) is 19.5 Å². The van der Waals surface area contributed by atoms with Crippen molar-refractivity contribution in [3.63, 3.8) is 0 Å². The Bertz CT molecular complexity index is 3160. The van der Waals surface area contributed by atoms with Crippen LogP contribution >= 0.6 is 0 Å². The molecule has 100 heavy (non-hydrogen) atoms. The van der Waals surface area contributed by atoms with Crippen LogP contribution in [0.5, 0.6) is 5.75 Å². The lowest BCUT2D eigenvalue weighted by molar-refractivity contribution is -0.153. The molecule has 26 heteroatoms. The lowest BCUT2D eigenvalue weighted by Gasteiger charge is -2.39. The number of hydrogen-bond donors (Lipinski definition) is 4. The van der Waals surface area contributed by atoms with Gasteiger partial charge in [-0.2, -0.15) is 0 Å². The minimum Gasteiger partial charge on any atom is -0.505 e. The van der Waals surface area contributed by atoms with Crippen molar-refractivity contribution >= 4 is 70.9 Å². The number of benzene rings is 2. The molecular formula is C74H117FN12O13. The molecule has 2 aliphatic rings. The van der Waals surface area contributed by atoms with E-state index in [4.69, 9.17) is 0 Å². The third-order valence-electron chi connectivity index (χ3n) is 19.0. The summed E-state index contributed by atoms with van der Waals surface area (Å²) in [7, 11) is 11.1. The third kappa shape index (κ3) is 23.7. The second-order valence-corrected chi connectivity index (χ2v) is 30.1. The highest BCUT2D eigenvalue weighted by Crippen LogP contribution is 2.26. The summed E-state index contributed by atoms with van der Waals surface area (Å²) in [5.41, 5.74) is 0.855. The zero-order chi connectivity index (χ0) is 75.5. The number of phenolic OH excluding ortho intramolecular Hbond substituents is 1. The van der Waals surface area contributed by atoms with E-state index in [9.17, 15) is 33.9 Å². The molecule has 4 rings (SSSR count). The first-order valence-corrected chi connectivity index (χ1v) is 35.5. The van der Waals surface area contributed by atoms with E-state index >= 15 is 33.2 Å². The molecule has 0 unspecified atom stereocenters. The topological polar surface area (TPSA) is 290 Å². The zero-order valence-corrected chi connectivity index (χ0v) is 63.1. The van der Waals surface area contributed by atoms with Gasteiger partial charge in [-0.25, -0.2) is 4.39 Å². The molecule has 0 spiro atoms. The largest absolute Gasteiger partial charge is 0.505 e. The number of nitrogens with zero attached hydrogens (tertiary/aromatic N) is 9. The fraction of sp³-hybridized carbons (Fsp3) is 0.676. The monoisotopic (exact) mass is 1400 g/mol. The number of halogens is 1. The highest BCUT2D eigenvalue weighted by Gasteiger charge is 2.44. The number of piperidine rings is 1. The first-order chi connectivity index (χ1) is 46.7. The molecule has 0 saturated carbocycles. The maximum Gasteiger partial charge on any atom is 0.246 e. The van der Waals surface area contributed by atoms with Crippen molar-refractivity contribution < 1.29 is 67.0 Å². The van der Waals surface area contributed by atoms with Crippen molar-refractivity contribution in [1.29, 1.82) is 0 Å². The molecule has 2 fully saturated rings. The van der Waals surface area contributed by atoms with Gasteiger partial charge in [0.1, 0.15) is 54.4 Å². The molecule has 2 saturated heterocycles. The summed E-state index contributed by atoms with van der Waals surface area (Å²) in [4.78, 5) is 191. The Hall–Kier alpha value is -8.19. The number of aromatic hydroxyl groups is 1. The Morgan fingerprint density at radius 2 is 0.860 bits per heavy atom. The highest BCUT2D eigenvalue weighted by atomic mass is 19.1. The van der Waals surface area contributed by atoms with Gasteiger partial charge < -0.3 is 65.2 Å². The SMILES string of the molecule is CC(C)C[C@@H]1NC(=O)[C@H](CC(C)C)N(C)C(=O)[C@H](Cc2ccccc2)N(C)C(=O)CN(C)C(=O)[C@H](C(C)C)NC(=O)[C@H](CC(C)C)N(C)C(=O)[C@H](Cc2ccc(O)c(F)c2)N(C)C(=O)[C@H](CC(C)C)N(C)C(=O)CN(C)C(=O)C[C@@H](C(=O)N2CCCCC2)NC(=O)[C@H](CC(C)C)N(C)C1=O. The Balaban J connectivity index is 1.98. The molecule has 2 aromatic carbocycles. The van der Waals surface area contributed by atoms with Crippen molar-refractivity contribution in [2.24, 2.45) is 35.5 Å². The highest BCUT2D eigenvalue weighted by molar-refractivity contribution is 6.00. The smallest absolute Gasteiger partial charge is 0.246 e. The van der Waals surface area contributed by atoms with Crippen molar-refractivity contribution in [3.05, 3.63) is 65.5 Å². The van der Waals surface area contributed by atoms with Gasteiger partial charge >= 0.3 is 0 Å². The summed E-state index contributed by atoms with van der Waals surface area (Å²) < 4.78 is 15.2. The number of nitrogens with one attached hydrogen (secondary N) is 3. The van der Waals surface area contributed by atoms with Crippen LogP contribution in [0.1, 0.15) is 152 Å². The van der Waals surface area contributed by atoms with Crippen LogP contribution in [-0.4, -0.2) is 257 Å². The van der Waals surface area contributed by atoms with Gasteiger partial charge in [0, 0.05) is 82.3 Å². The van der Waals surface area contributed by atoms with Gasteiger partial charge in [0.25, 0.3) is 0 Å². The molecule has 0 radical (unpaired) electrons. The van der Waals surface area contributed by atoms with E-state index in [1.54, 1.807) is 49.1 Å². The van der Waals surface area contributed by atoms with Crippen LogP contribution in [0, 0.1) is 41.3 Å². The van der Waals surface area contributed by atoms with Crippen LogP contribution in [0.3, 0.4) is 0 Å². The number of likely N-dealkylation sites (tertiary alicyclic amines) is 1. The fourth-order valence-electron chi connectivity index (χ4n) is 12.9. The van der Waals surface area contributed by atoms with Crippen molar-refractivity contribution in [2.75, 3.05) is 82.6 Å². The predicted octanol–water partition coefficient (Wildman–Crippen LogP) is 4.95. The minimum absolute atomic E-state index is 0.0200. The van der Waals surface area contributed by atoms with Crippen molar-refractivity contribution in [1.82, 2.24) is 60.0 Å². The Kier molecular flexibility index (Phi) is 32.5. The van der Waals surface area contributed by atoms with Crippen LogP contribution in [0.25, 0.3) is 0 Å². The average molecular weight is 1400 g/mol. The standard InChI is InChI=1S/C74H117FN12O13/c1-44(2)33-53-69(95)83(17)55(34-45(3)4)66(92)77-54(70(96)87-31-25-22-26-32-87)41-62(89)79(13)42-63(90)81(15)58(37-48(9)10)71(97)86(20)60(40-51-29-30-61(88)52(75)38-51)73(99)85(19)57(36-47(7)8)68(94)78-65(49(11)12)74(100)80(14)43-64(91)82(16)59(39-50-27-23-21-24-28-50)72(98)84(18)56(35-46(5)6)67(93)76-53/h21,23-24,27-30,38,44-49,53-60,65,88H,22,25-26,31-37,39-43H2,1-20H3,(H,76,93)(H,77,92)(H,78,94)/t53-,54-,55-,56-,57-,58-,59-,60-,65-/m0/s1. The summed E-state index contributed by atoms with van der Waals surface area (Å²) in [6.45, 7) is 21.4. The summed E-state index contributed by atoms with van der Waals surface area (Å²) in [6, 6.07) is 0.632. The molecule has 4 N–H and O–H groups in total. The van der Waals surface area contributed by atoms with E-state index < -0.39 is 162 Å². The third-order valence-corrected chi connectivity index (χ3v) is 19.0. The van der Waals surface area contributed by atoms with Gasteiger partial charge in [-0.15, -0.1) is 0 Å². The van der Waals surface area contributed by atoms with Gasteiger partial charge in [-0.3, -0.25) is 57.5 Å². The van der Waals surface area contributed by atoms with E-state index in [2.05, 4.69) is 16.0 Å². The van der Waals surface area contributed by atoms with Crippen molar-refractivity contribution in [3.8, 4) is 5.75 Å². The maximum atomic E-state index is 15.4. The summed E-state index contributed by atoms with van der Waals surface area (Å²) in [5.74, 6) is -11.7. The van der Waals surface area contributed by atoms with Gasteiger partial charge in [0.15, 0.2) is 11.6 Å².